The van der Waals surface area contributed by atoms with Crippen molar-refractivity contribution < 1.29 is 14.3 Å². The molecule has 6 nitrogen and oxygen atoms in total. The predicted molar refractivity (Wildman–Crippen MR) is 105 cm³/mol. The van der Waals surface area contributed by atoms with Crippen LogP contribution in [0.4, 0.5) is 5.69 Å². The third-order valence-electron chi connectivity index (χ3n) is 6.36. The van der Waals surface area contributed by atoms with Crippen molar-refractivity contribution in [3.63, 3.8) is 0 Å². The minimum atomic E-state index is -0.928. The number of benzene rings is 1. The zero-order valence-electron chi connectivity index (χ0n) is 16.5. The molecule has 0 aromatic heterocycles. The van der Waals surface area contributed by atoms with Crippen molar-refractivity contribution in [1.29, 1.82) is 0 Å². The fourth-order valence-electron chi connectivity index (χ4n) is 3.83. The summed E-state index contributed by atoms with van der Waals surface area (Å²) in [5.41, 5.74) is 6.76. The van der Waals surface area contributed by atoms with Crippen LogP contribution in [-0.4, -0.2) is 30.1 Å². The van der Waals surface area contributed by atoms with Gasteiger partial charge in [0, 0.05) is 36.6 Å². The zero-order valence-corrected chi connectivity index (χ0v) is 16.5. The van der Waals surface area contributed by atoms with Crippen LogP contribution in [0.15, 0.2) is 24.3 Å². The van der Waals surface area contributed by atoms with Gasteiger partial charge in [-0.25, -0.2) is 0 Å². The van der Waals surface area contributed by atoms with E-state index < -0.39 is 11.0 Å². The third kappa shape index (κ3) is 3.73. The summed E-state index contributed by atoms with van der Waals surface area (Å²) in [6.45, 7) is 6.90. The molecule has 6 heteroatoms. The molecule has 2 amide bonds. The van der Waals surface area contributed by atoms with Crippen LogP contribution in [0.1, 0.15) is 52.0 Å². The predicted octanol–water partition coefficient (Wildman–Crippen LogP) is 2.57. The van der Waals surface area contributed by atoms with Crippen molar-refractivity contribution in [2.24, 2.45) is 17.1 Å². The van der Waals surface area contributed by atoms with E-state index >= 15 is 0 Å². The first-order chi connectivity index (χ1) is 12.8. The summed E-state index contributed by atoms with van der Waals surface area (Å²) >= 11 is 0. The summed E-state index contributed by atoms with van der Waals surface area (Å²) in [4.78, 5) is 24.8. The van der Waals surface area contributed by atoms with E-state index in [0.717, 1.165) is 30.5 Å². The van der Waals surface area contributed by atoms with E-state index in [1.54, 1.807) is 0 Å². The zero-order chi connectivity index (χ0) is 19.7. The summed E-state index contributed by atoms with van der Waals surface area (Å²) in [6.07, 6.45) is 3.60. The molecule has 0 saturated heterocycles. The van der Waals surface area contributed by atoms with Crippen LogP contribution in [0.3, 0.4) is 0 Å². The van der Waals surface area contributed by atoms with Crippen LogP contribution in [0.5, 0.6) is 0 Å². The molecule has 0 spiro atoms. The SMILES string of the molecule is CCOC1CC(N)(C(=O)NCc2cccc(NC(=O)C3CCC3)c2)C1(C)C. The highest BCUT2D eigenvalue weighted by Gasteiger charge is 2.62. The largest absolute Gasteiger partial charge is 0.378 e. The van der Waals surface area contributed by atoms with Crippen molar-refractivity contribution in [3.8, 4) is 0 Å². The molecule has 1 aromatic carbocycles. The molecule has 0 aliphatic heterocycles. The van der Waals surface area contributed by atoms with Crippen molar-refractivity contribution in [1.82, 2.24) is 5.32 Å². The molecular formula is C21H31N3O3. The lowest BCUT2D eigenvalue weighted by Gasteiger charge is -2.57. The van der Waals surface area contributed by atoms with Gasteiger partial charge in [0.25, 0.3) is 0 Å². The minimum Gasteiger partial charge on any atom is -0.378 e. The van der Waals surface area contributed by atoms with Crippen molar-refractivity contribution in [3.05, 3.63) is 29.8 Å². The quantitative estimate of drug-likeness (QED) is 0.685. The standard InChI is InChI=1S/C21H31N3O3/c1-4-27-17-12-21(22,20(17,2)3)19(26)23-13-14-7-5-10-16(11-14)24-18(25)15-8-6-9-15/h5,7,10-11,15,17H,4,6,8-9,12-13,22H2,1-3H3,(H,23,26)(H,24,25). The van der Waals surface area contributed by atoms with E-state index in [9.17, 15) is 9.59 Å². The molecule has 2 fully saturated rings. The van der Waals surface area contributed by atoms with Crippen LogP contribution in [0.2, 0.25) is 0 Å². The van der Waals surface area contributed by atoms with Crippen LogP contribution in [0, 0.1) is 11.3 Å². The Labute approximate surface area is 161 Å². The first-order valence-electron chi connectivity index (χ1n) is 9.86. The molecule has 4 N–H and O–H groups in total. The molecule has 2 saturated carbocycles. The fraction of sp³-hybridized carbons (Fsp3) is 0.619. The summed E-state index contributed by atoms with van der Waals surface area (Å²) in [5, 5.41) is 5.92. The second-order valence-corrected chi connectivity index (χ2v) is 8.34. The molecule has 2 aliphatic carbocycles. The van der Waals surface area contributed by atoms with Crippen LogP contribution < -0.4 is 16.4 Å². The van der Waals surface area contributed by atoms with E-state index in [2.05, 4.69) is 10.6 Å². The monoisotopic (exact) mass is 373 g/mol. The van der Waals surface area contributed by atoms with Gasteiger partial charge in [-0.2, -0.15) is 0 Å². The highest BCUT2D eigenvalue weighted by molar-refractivity contribution is 5.93. The number of carbonyl (C=O) groups excluding carboxylic acids is 2. The Hall–Kier alpha value is -1.92. The van der Waals surface area contributed by atoms with E-state index in [1.807, 2.05) is 45.0 Å². The molecule has 148 valence electrons. The Morgan fingerprint density at radius 1 is 1.30 bits per heavy atom. The molecule has 2 atom stereocenters. The molecular weight excluding hydrogens is 342 g/mol. The molecule has 0 radical (unpaired) electrons. The highest BCUT2D eigenvalue weighted by Crippen LogP contribution is 2.49. The number of carbonyl (C=O) groups is 2. The summed E-state index contributed by atoms with van der Waals surface area (Å²) < 4.78 is 5.69. The Morgan fingerprint density at radius 3 is 2.63 bits per heavy atom. The summed E-state index contributed by atoms with van der Waals surface area (Å²) in [6, 6.07) is 7.58. The maximum Gasteiger partial charge on any atom is 0.241 e. The van der Waals surface area contributed by atoms with Crippen LogP contribution >= 0.6 is 0 Å². The Morgan fingerprint density at radius 2 is 2.04 bits per heavy atom. The number of amides is 2. The molecule has 0 heterocycles. The Kier molecular flexibility index (Phi) is 5.58. The maximum atomic E-state index is 12.7. The van der Waals surface area contributed by atoms with Crippen LogP contribution in [-0.2, 0) is 20.9 Å². The van der Waals surface area contributed by atoms with Gasteiger partial charge in [0.1, 0.15) is 5.54 Å². The van der Waals surface area contributed by atoms with E-state index in [1.165, 1.54) is 0 Å². The smallest absolute Gasteiger partial charge is 0.241 e. The third-order valence-corrected chi connectivity index (χ3v) is 6.36. The first kappa shape index (κ1) is 19.8. The van der Waals surface area contributed by atoms with E-state index in [-0.39, 0.29) is 23.8 Å². The summed E-state index contributed by atoms with van der Waals surface area (Å²) in [5.74, 6) is 0.0680. The van der Waals surface area contributed by atoms with Gasteiger partial charge in [0.05, 0.1) is 6.10 Å². The second kappa shape index (κ2) is 7.60. The number of rotatable bonds is 7. The van der Waals surface area contributed by atoms with Crippen molar-refractivity contribution >= 4 is 17.5 Å². The van der Waals surface area contributed by atoms with Gasteiger partial charge >= 0.3 is 0 Å². The Bertz CT molecular complexity index is 714. The lowest BCUT2D eigenvalue weighted by molar-refractivity contribution is -0.170. The molecule has 3 rings (SSSR count). The number of anilines is 1. The second-order valence-electron chi connectivity index (χ2n) is 8.34. The van der Waals surface area contributed by atoms with Gasteiger partial charge in [0.2, 0.25) is 11.8 Å². The fourth-order valence-corrected chi connectivity index (χ4v) is 3.83. The lowest BCUT2D eigenvalue weighted by atomic mass is 9.54. The topological polar surface area (TPSA) is 93.4 Å². The molecule has 2 unspecified atom stereocenters. The molecule has 27 heavy (non-hydrogen) atoms. The number of ether oxygens (including phenoxy) is 1. The van der Waals surface area contributed by atoms with E-state index in [0.29, 0.717) is 19.6 Å². The molecule has 0 bridgehead atoms. The van der Waals surface area contributed by atoms with E-state index in [4.69, 9.17) is 10.5 Å². The first-order valence-corrected chi connectivity index (χ1v) is 9.86. The Balaban J connectivity index is 1.56. The average molecular weight is 373 g/mol. The van der Waals surface area contributed by atoms with Gasteiger partial charge < -0.3 is 21.1 Å². The van der Waals surface area contributed by atoms with Gasteiger partial charge in [-0.1, -0.05) is 32.4 Å². The molecule has 1 aromatic rings. The van der Waals surface area contributed by atoms with Crippen LogP contribution in [0.25, 0.3) is 0 Å². The minimum absolute atomic E-state index is 0.00305. The average Bonchev–Trinajstić information content (AvgIpc) is 2.58. The molecule has 2 aliphatic rings. The van der Waals surface area contributed by atoms with Crippen molar-refractivity contribution in [2.75, 3.05) is 11.9 Å². The normalized spacial score (nSPS) is 26.6. The number of nitrogens with one attached hydrogen (secondary N) is 2. The van der Waals surface area contributed by atoms with Gasteiger partial charge in [-0.15, -0.1) is 0 Å². The maximum absolute atomic E-state index is 12.7. The number of hydrogen-bond donors (Lipinski definition) is 3. The summed E-state index contributed by atoms with van der Waals surface area (Å²) in [7, 11) is 0. The van der Waals surface area contributed by atoms with Gasteiger partial charge in [0.15, 0.2) is 0 Å². The lowest BCUT2D eigenvalue weighted by Crippen LogP contribution is -2.75. The highest BCUT2D eigenvalue weighted by atomic mass is 16.5. The van der Waals surface area contributed by atoms with Gasteiger partial charge in [-0.3, -0.25) is 9.59 Å². The van der Waals surface area contributed by atoms with Gasteiger partial charge in [-0.05, 0) is 37.5 Å². The number of nitrogens with two attached hydrogens (primary N) is 1. The number of hydrogen-bond acceptors (Lipinski definition) is 4. The van der Waals surface area contributed by atoms with Crippen molar-refractivity contribution in [2.45, 2.75) is 64.6 Å².